The van der Waals surface area contributed by atoms with Crippen LogP contribution in [0.2, 0.25) is 0 Å². The van der Waals surface area contributed by atoms with E-state index in [0.29, 0.717) is 71.9 Å². The highest BCUT2D eigenvalue weighted by Gasteiger charge is 2.33. The summed E-state index contributed by atoms with van der Waals surface area (Å²) in [6.45, 7) is 1.65. The van der Waals surface area contributed by atoms with Crippen molar-refractivity contribution in [3.8, 4) is 28.8 Å². The molecule has 1 aliphatic heterocycles. The van der Waals surface area contributed by atoms with Crippen molar-refractivity contribution >= 4 is 16.8 Å². The molecular weight excluding hydrogens is 628 g/mol. The molecule has 0 radical (unpaired) electrons. The molecule has 0 saturated heterocycles. The minimum absolute atomic E-state index is 0.0885. The van der Waals surface area contributed by atoms with E-state index in [-0.39, 0.29) is 30.4 Å². The quantitative estimate of drug-likeness (QED) is 0.177. The standard InChI is InChI=1S/C34H33F2N5O7/c1-44-12-14-46-28-17-24-26(18-29(28)47-15-13-45-2)38-19-39-33(24)48-27-10-5-20(16-25(27)36)23-4-3-11-40-31(23)30(32(37)42)34(43)41(40)22-8-6-21(35)7-9-22/h5-10,16-19,23H,3-4,11-15H2,1-2H3,(H2,37,42). The van der Waals surface area contributed by atoms with Crippen molar-refractivity contribution in [1.82, 2.24) is 19.3 Å². The van der Waals surface area contributed by atoms with Crippen LogP contribution in [0, 0.1) is 11.6 Å². The maximum absolute atomic E-state index is 15.8. The Morgan fingerprint density at radius 2 is 1.62 bits per heavy atom. The van der Waals surface area contributed by atoms with Gasteiger partial charge in [0.15, 0.2) is 23.1 Å². The van der Waals surface area contributed by atoms with Gasteiger partial charge in [0.1, 0.15) is 30.9 Å². The van der Waals surface area contributed by atoms with E-state index in [0.717, 1.165) is 0 Å². The molecule has 12 nitrogen and oxygen atoms in total. The Morgan fingerprint density at radius 3 is 2.29 bits per heavy atom. The van der Waals surface area contributed by atoms with Gasteiger partial charge in [0.05, 0.1) is 35.5 Å². The number of ether oxygens (including phenoxy) is 5. The van der Waals surface area contributed by atoms with Crippen LogP contribution in [0.15, 0.2) is 65.7 Å². The van der Waals surface area contributed by atoms with E-state index in [1.807, 2.05) is 0 Å². The van der Waals surface area contributed by atoms with Gasteiger partial charge in [0, 0.05) is 32.7 Å². The topological polar surface area (TPSA) is 142 Å². The first-order valence-corrected chi connectivity index (χ1v) is 15.2. The molecule has 1 amide bonds. The normalized spacial score (nSPS) is 14.1. The number of carbonyl (C=O) groups is 1. The average molecular weight is 662 g/mol. The van der Waals surface area contributed by atoms with Crippen LogP contribution in [0.4, 0.5) is 8.78 Å². The van der Waals surface area contributed by atoms with Crippen LogP contribution in [0.1, 0.15) is 40.4 Å². The van der Waals surface area contributed by atoms with Crippen molar-refractivity contribution in [2.45, 2.75) is 25.3 Å². The number of hydrogen-bond donors (Lipinski definition) is 1. The van der Waals surface area contributed by atoms with Crippen molar-refractivity contribution in [3.63, 3.8) is 0 Å². The molecule has 1 aliphatic rings. The molecule has 2 N–H and O–H groups in total. The fraction of sp³-hybridized carbons (Fsp3) is 0.294. The van der Waals surface area contributed by atoms with E-state index < -0.39 is 29.0 Å². The number of nitrogens with zero attached hydrogens (tertiary/aromatic N) is 4. The lowest BCUT2D eigenvalue weighted by molar-refractivity contribution is 0.0997. The Labute approximate surface area is 273 Å². The number of primary amides is 1. The van der Waals surface area contributed by atoms with E-state index in [1.165, 1.54) is 47.4 Å². The highest BCUT2D eigenvalue weighted by molar-refractivity contribution is 5.94. The molecular formula is C34H33F2N5O7. The largest absolute Gasteiger partial charge is 0.487 e. The van der Waals surface area contributed by atoms with Crippen molar-refractivity contribution in [3.05, 3.63) is 99.7 Å². The molecule has 0 spiro atoms. The fourth-order valence-corrected chi connectivity index (χ4v) is 5.85. The third-order valence-corrected chi connectivity index (χ3v) is 8.01. The highest BCUT2D eigenvalue weighted by Crippen LogP contribution is 2.39. The molecule has 0 aliphatic carbocycles. The Bertz CT molecular complexity index is 2010. The number of halogens is 2. The van der Waals surface area contributed by atoms with Gasteiger partial charge in [-0.15, -0.1) is 0 Å². The van der Waals surface area contributed by atoms with Crippen LogP contribution < -0.4 is 25.5 Å². The van der Waals surface area contributed by atoms with E-state index >= 15 is 4.39 Å². The van der Waals surface area contributed by atoms with E-state index in [9.17, 15) is 14.0 Å². The fourth-order valence-electron chi connectivity index (χ4n) is 5.85. The number of methoxy groups -OCH3 is 2. The van der Waals surface area contributed by atoms with E-state index in [2.05, 4.69) is 9.97 Å². The number of carbonyl (C=O) groups excluding carboxylic acids is 1. The van der Waals surface area contributed by atoms with Crippen LogP contribution in [-0.2, 0) is 16.0 Å². The van der Waals surface area contributed by atoms with Crippen molar-refractivity contribution < 1.29 is 37.3 Å². The summed E-state index contributed by atoms with van der Waals surface area (Å²) in [5.41, 5.74) is 6.65. The van der Waals surface area contributed by atoms with Crippen molar-refractivity contribution in [2.75, 3.05) is 40.6 Å². The molecule has 0 bridgehead atoms. The monoisotopic (exact) mass is 661 g/mol. The predicted molar refractivity (Wildman–Crippen MR) is 170 cm³/mol. The third-order valence-electron chi connectivity index (χ3n) is 8.01. The zero-order chi connectivity index (χ0) is 33.8. The molecule has 5 aromatic rings. The minimum atomic E-state index is -0.898. The number of aromatic nitrogens is 4. The van der Waals surface area contributed by atoms with Crippen molar-refractivity contribution in [1.29, 1.82) is 0 Å². The molecule has 1 atom stereocenters. The zero-order valence-corrected chi connectivity index (χ0v) is 26.3. The first-order valence-electron chi connectivity index (χ1n) is 15.2. The number of nitrogens with two attached hydrogens (primary N) is 1. The van der Waals surface area contributed by atoms with Gasteiger partial charge in [-0.1, -0.05) is 6.07 Å². The SMILES string of the molecule is COCCOc1cc2ncnc(Oc3ccc(C4CCCn5c4c(C(N)=O)c(=O)n5-c4ccc(F)cc4)cc3F)c2cc1OCCOC. The van der Waals surface area contributed by atoms with Gasteiger partial charge in [-0.2, -0.15) is 0 Å². The van der Waals surface area contributed by atoms with Crippen molar-refractivity contribution in [2.24, 2.45) is 5.73 Å². The van der Waals surface area contributed by atoms with Crippen LogP contribution in [-0.4, -0.2) is 65.9 Å². The van der Waals surface area contributed by atoms with Crippen LogP contribution in [0.5, 0.6) is 23.1 Å². The maximum atomic E-state index is 15.8. The maximum Gasteiger partial charge on any atom is 0.284 e. The Morgan fingerprint density at radius 1 is 0.917 bits per heavy atom. The summed E-state index contributed by atoms with van der Waals surface area (Å²) in [7, 11) is 3.13. The lowest BCUT2D eigenvalue weighted by atomic mass is 9.86. The second kappa shape index (κ2) is 14.2. The second-order valence-electron chi connectivity index (χ2n) is 11.0. The first-order chi connectivity index (χ1) is 23.3. The van der Waals surface area contributed by atoms with Gasteiger partial charge in [0.25, 0.3) is 11.5 Å². The zero-order valence-electron chi connectivity index (χ0n) is 26.3. The summed E-state index contributed by atoms with van der Waals surface area (Å²) >= 11 is 0. The predicted octanol–water partition coefficient (Wildman–Crippen LogP) is 4.73. The number of benzene rings is 3. The highest BCUT2D eigenvalue weighted by atomic mass is 19.1. The number of fused-ring (bicyclic) bond motifs is 2. The summed E-state index contributed by atoms with van der Waals surface area (Å²) < 4.78 is 60.3. The smallest absolute Gasteiger partial charge is 0.284 e. The second-order valence-corrected chi connectivity index (χ2v) is 11.0. The molecule has 0 saturated carbocycles. The molecule has 14 heteroatoms. The summed E-state index contributed by atoms with van der Waals surface area (Å²) in [5, 5.41) is 0.456. The van der Waals surface area contributed by atoms with Gasteiger partial charge < -0.3 is 29.4 Å². The van der Waals surface area contributed by atoms with Gasteiger partial charge in [-0.25, -0.2) is 23.4 Å². The minimum Gasteiger partial charge on any atom is -0.487 e. The molecule has 1 unspecified atom stereocenters. The summed E-state index contributed by atoms with van der Waals surface area (Å²) in [4.78, 5) is 34.6. The molecule has 48 heavy (non-hydrogen) atoms. The molecule has 2 aromatic heterocycles. The van der Waals surface area contributed by atoms with E-state index in [1.54, 1.807) is 37.1 Å². The summed E-state index contributed by atoms with van der Waals surface area (Å²) in [6, 6.07) is 13.1. The third kappa shape index (κ3) is 6.44. The van der Waals surface area contributed by atoms with Crippen LogP contribution >= 0.6 is 0 Å². The van der Waals surface area contributed by atoms with Crippen LogP contribution in [0.25, 0.3) is 16.6 Å². The van der Waals surface area contributed by atoms with Gasteiger partial charge >= 0.3 is 0 Å². The number of amides is 1. The molecule has 3 heterocycles. The Kier molecular flexibility index (Phi) is 9.64. The molecule has 250 valence electrons. The first kappa shape index (κ1) is 32.6. The van der Waals surface area contributed by atoms with Gasteiger partial charge in [0.2, 0.25) is 5.88 Å². The van der Waals surface area contributed by atoms with Crippen LogP contribution in [0.3, 0.4) is 0 Å². The van der Waals surface area contributed by atoms with Gasteiger partial charge in [-0.05, 0) is 60.9 Å². The lowest BCUT2D eigenvalue weighted by Gasteiger charge is -2.27. The average Bonchev–Trinajstić information content (AvgIpc) is 3.38. The molecule has 3 aromatic carbocycles. The van der Waals surface area contributed by atoms with E-state index in [4.69, 9.17) is 29.4 Å². The number of hydrogen-bond acceptors (Lipinski definition) is 9. The molecule has 6 rings (SSSR count). The summed E-state index contributed by atoms with van der Waals surface area (Å²) in [5.74, 6) is -1.76. The Balaban J connectivity index is 1.34. The van der Waals surface area contributed by atoms with Gasteiger partial charge in [-0.3, -0.25) is 14.3 Å². The number of rotatable bonds is 13. The summed E-state index contributed by atoms with van der Waals surface area (Å²) in [6.07, 6.45) is 2.46. The lowest BCUT2D eigenvalue weighted by Crippen LogP contribution is -2.26. The Hall–Kier alpha value is -5.34. The molecule has 0 fully saturated rings.